The van der Waals surface area contributed by atoms with Gasteiger partial charge in [-0.15, -0.1) is 0 Å². The van der Waals surface area contributed by atoms with Crippen LogP contribution in [0.15, 0.2) is 0 Å². The van der Waals surface area contributed by atoms with Crippen LogP contribution in [0, 0.1) is 11.8 Å². The fourth-order valence-electron chi connectivity index (χ4n) is 1.83. The van der Waals surface area contributed by atoms with Gasteiger partial charge in [0, 0.05) is 27.2 Å². The molecule has 0 spiro atoms. The molecule has 0 aromatic carbocycles. The van der Waals surface area contributed by atoms with Crippen molar-refractivity contribution < 1.29 is 19.5 Å². The second-order valence-corrected chi connectivity index (χ2v) is 4.91. The van der Waals surface area contributed by atoms with Crippen molar-refractivity contribution in [3.05, 3.63) is 0 Å². The number of urea groups is 1. The largest absolute Gasteiger partial charge is 0.481 e. The minimum Gasteiger partial charge on any atom is -0.481 e. The molecule has 2 unspecified atom stereocenters. The summed E-state index contributed by atoms with van der Waals surface area (Å²) in [6.07, 6.45) is 1.27. The van der Waals surface area contributed by atoms with Gasteiger partial charge in [0.15, 0.2) is 0 Å². The van der Waals surface area contributed by atoms with Gasteiger partial charge < -0.3 is 20.6 Å². The maximum atomic E-state index is 11.8. The molecule has 3 amide bonds. The number of rotatable bonds is 8. The third-order valence-corrected chi connectivity index (χ3v) is 3.07. The Kier molecular flexibility index (Phi) is 8.35. The lowest BCUT2D eigenvalue weighted by Crippen LogP contribution is -2.44. The second-order valence-electron chi connectivity index (χ2n) is 4.91. The summed E-state index contributed by atoms with van der Waals surface area (Å²) in [5.74, 6) is -1.94. The first kappa shape index (κ1) is 18.2. The molecule has 0 aliphatic carbocycles. The summed E-state index contributed by atoms with van der Waals surface area (Å²) in [4.78, 5) is 35.5. The van der Waals surface area contributed by atoms with Crippen molar-refractivity contribution in [3.63, 3.8) is 0 Å². The van der Waals surface area contributed by atoms with Crippen molar-refractivity contribution in [2.24, 2.45) is 11.8 Å². The predicted molar refractivity (Wildman–Crippen MR) is 75.3 cm³/mol. The van der Waals surface area contributed by atoms with Crippen molar-refractivity contribution in [2.75, 3.05) is 27.2 Å². The standard InChI is InChI=1S/C13H25N3O4/c1-5-6-10(12(18)19)7-15-13(20)16(4)8-9(2)11(17)14-3/h9-10H,5-8H2,1-4H3,(H,14,17)(H,15,20)(H,18,19). The summed E-state index contributed by atoms with van der Waals surface area (Å²) in [6.45, 7) is 3.99. The van der Waals surface area contributed by atoms with E-state index in [2.05, 4.69) is 10.6 Å². The van der Waals surface area contributed by atoms with Crippen molar-refractivity contribution in [1.82, 2.24) is 15.5 Å². The number of carbonyl (C=O) groups excluding carboxylic acids is 2. The van der Waals surface area contributed by atoms with E-state index in [0.29, 0.717) is 6.42 Å². The maximum Gasteiger partial charge on any atom is 0.317 e. The quantitative estimate of drug-likeness (QED) is 0.605. The van der Waals surface area contributed by atoms with Crippen LogP contribution < -0.4 is 10.6 Å². The van der Waals surface area contributed by atoms with Crippen LogP contribution in [-0.4, -0.2) is 55.1 Å². The molecule has 0 aliphatic rings. The fraction of sp³-hybridized carbons (Fsp3) is 0.769. The van der Waals surface area contributed by atoms with Gasteiger partial charge in [-0.2, -0.15) is 0 Å². The summed E-state index contributed by atoms with van der Waals surface area (Å²) < 4.78 is 0. The number of carboxylic acids is 1. The molecule has 0 rings (SSSR count). The first-order valence-electron chi connectivity index (χ1n) is 6.76. The minimum atomic E-state index is -0.909. The highest BCUT2D eigenvalue weighted by atomic mass is 16.4. The first-order chi connectivity index (χ1) is 9.33. The van der Waals surface area contributed by atoms with Gasteiger partial charge in [0.1, 0.15) is 0 Å². The molecule has 116 valence electrons. The summed E-state index contributed by atoms with van der Waals surface area (Å²) in [5, 5.41) is 14.1. The molecular weight excluding hydrogens is 262 g/mol. The number of amides is 3. The van der Waals surface area contributed by atoms with Gasteiger partial charge in [-0.05, 0) is 6.42 Å². The molecule has 2 atom stereocenters. The molecule has 0 saturated carbocycles. The summed E-state index contributed by atoms with van der Waals surface area (Å²) in [5.41, 5.74) is 0. The van der Waals surface area contributed by atoms with Crippen LogP contribution in [0.25, 0.3) is 0 Å². The number of carbonyl (C=O) groups is 3. The van der Waals surface area contributed by atoms with E-state index in [1.807, 2.05) is 6.92 Å². The molecule has 0 bridgehead atoms. The Morgan fingerprint density at radius 1 is 1.30 bits per heavy atom. The highest BCUT2D eigenvalue weighted by molar-refractivity contribution is 5.80. The van der Waals surface area contributed by atoms with Crippen molar-refractivity contribution >= 4 is 17.9 Å². The van der Waals surface area contributed by atoms with E-state index in [1.165, 1.54) is 4.90 Å². The lowest BCUT2D eigenvalue weighted by atomic mass is 10.0. The Labute approximate surface area is 119 Å². The van der Waals surface area contributed by atoms with Crippen LogP contribution in [0.2, 0.25) is 0 Å². The average Bonchev–Trinajstić information content (AvgIpc) is 2.41. The van der Waals surface area contributed by atoms with Gasteiger partial charge in [-0.3, -0.25) is 9.59 Å². The van der Waals surface area contributed by atoms with Crippen molar-refractivity contribution in [3.8, 4) is 0 Å². The zero-order valence-electron chi connectivity index (χ0n) is 12.6. The predicted octanol–water partition coefficient (Wildman–Crippen LogP) is 0.511. The van der Waals surface area contributed by atoms with E-state index in [0.717, 1.165) is 6.42 Å². The first-order valence-corrected chi connectivity index (χ1v) is 6.76. The average molecular weight is 287 g/mol. The van der Waals surface area contributed by atoms with Gasteiger partial charge in [0.25, 0.3) is 0 Å². The minimum absolute atomic E-state index is 0.0979. The molecule has 0 saturated heterocycles. The third-order valence-electron chi connectivity index (χ3n) is 3.07. The summed E-state index contributed by atoms with van der Waals surface area (Å²) in [6, 6.07) is -0.372. The van der Waals surface area contributed by atoms with E-state index in [1.54, 1.807) is 21.0 Å². The Balaban J connectivity index is 4.25. The topological polar surface area (TPSA) is 98.7 Å². The number of nitrogens with zero attached hydrogens (tertiary/aromatic N) is 1. The molecule has 0 fully saturated rings. The Morgan fingerprint density at radius 2 is 1.90 bits per heavy atom. The third kappa shape index (κ3) is 6.40. The molecular formula is C13H25N3O4. The van der Waals surface area contributed by atoms with Crippen LogP contribution >= 0.6 is 0 Å². The number of aliphatic carboxylic acids is 1. The Bertz CT molecular complexity index is 347. The van der Waals surface area contributed by atoms with Gasteiger partial charge >= 0.3 is 12.0 Å². The highest BCUT2D eigenvalue weighted by Gasteiger charge is 2.20. The lowest BCUT2D eigenvalue weighted by molar-refractivity contribution is -0.141. The molecule has 20 heavy (non-hydrogen) atoms. The Morgan fingerprint density at radius 3 is 2.35 bits per heavy atom. The molecule has 0 aliphatic heterocycles. The van der Waals surface area contributed by atoms with Crippen LogP contribution in [0.5, 0.6) is 0 Å². The van der Waals surface area contributed by atoms with Crippen LogP contribution in [0.4, 0.5) is 4.79 Å². The maximum absolute atomic E-state index is 11.8. The van der Waals surface area contributed by atoms with E-state index >= 15 is 0 Å². The fourth-order valence-corrected chi connectivity index (χ4v) is 1.83. The van der Waals surface area contributed by atoms with Crippen LogP contribution in [-0.2, 0) is 9.59 Å². The Hall–Kier alpha value is -1.79. The second kappa shape index (κ2) is 9.17. The molecule has 7 heteroatoms. The van der Waals surface area contributed by atoms with Gasteiger partial charge in [0.2, 0.25) is 5.91 Å². The molecule has 0 heterocycles. The normalized spacial score (nSPS) is 13.2. The summed E-state index contributed by atoms with van der Waals surface area (Å²) in [7, 11) is 3.12. The molecule has 0 radical (unpaired) electrons. The van der Waals surface area contributed by atoms with E-state index in [-0.39, 0.29) is 30.9 Å². The van der Waals surface area contributed by atoms with Crippen molar-refractivity contribution in [2.45, 2.75) is 26.7 Å². The van der Waals surface area contributed by atoms with E-state index in [9.17, 15) is 14.4 Å². The summed E-state index contributed by atoms with van der Waals surface area (Å²) >= 11 is 0. The number of nitrogens with one attached hydrogen (secondary N) is 2. The van der Waals surface area contributed by atoms with Gasteiger partial charge in [-0.1, -0.05) is 20.3 Å². The monoisotopic (exact) mass is 287 g/mol. The smallest absolute Gasteiger partial charge is 0.317 e. The zero-order valence-corrected chi connectivity index (χ0v) is 12.6. The van der Waals surface area contributed by atoms with E-state index < -0.39 is 11.9 Å². The lowest BCUT2D eigenvalue weighted by Gasteiger charge is -2.22. The number of hydrogen-bond acceptors (Lipinski definition) is 3. The molecule has 7 nitrogen and oxygen atoms in total. The van der Waals surface area contributed by atoms with Gasteiger partial charge in [0.05, 0.1) is 11.8 Å². The van der Waals surface area contributed by atoms with E-state index in [4.69, 9.17) is 5.11 Å². The van der Waals surface area contributed by atoms with Crippen LogP contribution in [0.1, 0.15) is 26.7 Å². The van der Waals surface area contributed by atoms with Crippen LogP contribution in [0.3, 0.4) is 0 Å². The molecule has 3 N–H and O–H groups in total. The SMILES string of the molecule is CCCC(CNC(=O)N(C)CC(C)C(=O)NC)C(=O)O. The number of carboxylic acid groups (broad SMARTS) is 1. The zero-order chi connectivity index (χ0) is 15.7. The molecule has 0 aromatic heterocycles. The highest BCUT2D eigenvalue weighted by Crippen LogP contribution is 2.05. The van der Waals surface area contributed by atoms with Crippen molar-refractivity contribution in [1.29, 1.82) is 0 Å². The molecule has 0 aromatic rings. The van der Waals surface area contributed by atoms with Gasteiger partial charge in [-0.25, -0.2) is 4.79 Å². The number of hydrogen-bond donors (Lipinski definition) is 3.